The van der Waals surface area contributed by atoms with E-state index in [1.54, 1.807) is 39.8 Å². The third kappa shape index (κ3) is 6.75. The number of H-pyrrole nitrogens is 2. The molecule has 0 aliphatic rings. The van der Waals surface area contributed by atoms with E-state index in [0.29, 0.717) is 28.0 Å². The van der Waals surface area contributed by atoms with Crippen LogP contribution in [0.2, 0.25) is 0 Å². The number of carbonyl (C=O) groups is 4. The van der Waals surface area contributed by atoms with Crippen LogP contribution in [0.3, 0.4) is 0 Å². The number of hydrogen-bond acceptors (Lipinski definition) is 7. The molecular formula is C25H30N6O7. The maximum atomic E-state index is 12.8. The molecule has 3 aromatic rings. The van der Waals surface area contributed by atoms with Gasteiger partial charge in [-0.2, -0.15) is 4.98 Å². The number of amides is 2. The number of nitrogens with zero attached hydrogens (tertiary/aromatic N) is 1. The first-order valence-corrected chi connectivity index (χ1v) is 11.8. The van der Waals surface area contributed by atoms with Crippen molar-refractivity contribution in [2.45, 2.75) is 53.1 Å². The first kappa shape index (κ1) is 27.9. The highest BCUT2D eigenvalue weighted by Gasteiger charge is 2.23. The van der Waals surface area contributed by atoms with E-state index < -0.39 is 41.3 Å². The zero-order chi connectivity index (χ0) is 28.2. The summed E-state index contributed by atoms with van der Waals surface area (Å²) < 4.78 is 0. The largest absolute Gasteiger partial charge is 0.481 e. The van der Waals surface area contributed by atoms with Gasteiger partial charge in [-0.3, -0.25) is 29.5 Å². The fourth-order valence-corrected chi connectivity index (χ4v) is 3.56. The van der Waals surface area contributed by atoms with Crippen LogP contribution in [-0.4, -0.2) is 55.0 Å². The van der Waals surface area contributed by atoms with Crippen molar-refractivity contribution >= 4 is 46.4 Å². The zero-order valence-corrected chi connectivity index (χ0v) is 21.4. The third-order valence-electron chi connectivity index (χ3n) is 5.76. The fraction of sp³-hybridized carbons (Fsp3) is 0.360. The van der Waals surface area contributed by atoms with Crippen LogP contribution in [0.4, 0.5) is 11.6 Å². The Morgan fingerprint density at radius 2 is 1.71 bits per heavy atom. The molecule has 0 aliphatic carbocycles. The summed E-state index contributed by atoms with van der Waals surface area (Å²) in [6.45, 7) is 7.29. The van der Waals surface area contributed by atoms with E-state index in [9.17, 15) is 29.1 Å². The number of aromatic amines is 2. The number of anilines is 2. The van der Waals surface area contributed by atoms with Crippen molar-refractivity contribution in [3.05, 3.63) is 51.4 Å². The summed E-state index contributed by atoms with van der Waals surface area (Å²) in [6, 6.07) is 4.90. The molecule has 202 valence electrons. The van der Waals surface area contributed by atoms with Gasteiger partial charge in [0.25, 0.3) is 11.5 Å². The topological polar surface area (TPSA) is 206 Å². The van der Waals surface area contributed by atoms with Crippen molar-refractivity contribution in [3.63, 3.8) is 0 Å². The van der Waals surface area contributed by atoms with Crippen molar-refractivity contribution in [2.24, 2.45) is 5.41 Å². The van der Waals surface area contributed by atoms with Gasteiger partial charge in [0, 0.05) is 40.9 Å². The number of fused-ring (bicyclic) bond motifs is 1. The zero-order valence-electron chi connectivity index (χ0n) is 21.4. The van der Waals surface area contributed by atoms with Gasteiger partial charge >= 0.3 is 11.9 Å². The lowest BCUT2D eigenvalue weighted by atomic mass is 9.96. The predicted molar refractivity (Wildman–Crippen MR) is 139 cm³/mol. The van der Waals surface area contributed by atoms with Gasteiger partial charge in [0.05, 0.1) is 5.39 Å². The molecule has 13 heteroatoms. The molecule has 7 N–H and O–H groups in total. The van der Waals surface area contributed by atoms with Crippen LogP contribution in [0.1, 0.15) is 55.2 Å². The van der Waals surface area contributed by atoms with Gasteiger partial charge in [-0.25, -0.2) is 4.79 Å². The lowest BCUT2D eigenvalue weighted by Crippen LogP contribution is -2.41. The predicted octanol–water partition coefficient (Wildman–Crippen LogP) is 2.20. The van der Waals surface area contributed by atoms with E-state index in [1.807, 2.05) is 0 Å². The first-order chi connectivity index (χ1) is 17.8. The summed E-state index contributed by atoms with van der Waals surface area (Å²) in [6.07, 6.45) is -0.628. The normalized spacial score (nSPS) is 12.1. The third-order valence-corrected chi connectivity index (χ3v) is 5.76. The van der Waals surface area contributed by atoms with E-state index >= 15 is 0 Å². The molecule has 2 amide bonds. The highest BCUT2D eigenvalue weighted by atomic mass is 16.4. The Hall–Kier alpha value is -4.68. The molecule has 0 aliphatic heterocycles. The van der Waals surface area contributed by atoms with Crippen molar-refractivity contribution in [2.75, 3.05) is 10.6 Å². The Kier molecular flexibility index (Phi) is 8.19. The van der Waals surface area contributed by atoms with Crippen molar-refractivity contribution in [3.8, 4) is 0 Å². The van der Waals surface area contributed by atoms with Gasteiger partial charge in [0.2, 0.25) is 11.9 Å². The Morgan fingerprint density at radius 3 is 2.29 bits per heavy atom. The monoisotopic (exact) mass is 526 g/mol. The van der Waals surface area contributed by atoms with Crippen LogP contribution >= 0.6 is 0 Å². The molecule has 38 heavy (non-hydrogen) atoms. The summed E-state index contributed by atoms with van der Waals surface area (Å²) in [7, 11) is 0. The second-order valence-electron chi connectivity index (χ2n) is 9.80. The minimum Gasteiger partial charge on any atom is -0.481 e. The fourth-order valence-electron chi connectivity index (χ4n) is 3.56. The number of nitrogens with one attached hydrogen (secondary N) is 5. The summed E-state index contributed by atoms with van der Waals surface area (Å²) in [5, 5.41) is 26.4. The molecule has 3 rings (SSSR count). The maximum Gasteiger partial charge on any atom is 0.326 e. The van der Waals surface area contributed by atoms with E-state index in [0.717, 1.165) is 0 Å². The second kappa shape index (κ2) is 11.2. The van der Waals surface area contributed by atoms with E-state index in [4.69, 9.17) is 5.11 Å². The van der Waals surface area contributed by atoms with E-state index in [1.165, 1.54) is 12.1 Å². The maximum absolute atomic E-state index is 12.8. The first-order valence-electron chi connectivity index (χ1n) is 11.8. The number of carboxylic acids is 2. The van der Waals surface area contributed by atoms with Gasteiger partial charge in [-0.1, -0.05) is 20.8 Å². The molecule has 0 spiro atoms. The van der Waals surface area contributed by atoms with Crippen molar-refractivity contribution in [1.82, 2.24) is 20.3 Å². The molecule has 0 bridgehead atoms. The van der Waals surface area contributed by atoms with Gasteiger partial charge in [-0.05, 0) is 37.6 Å². The molecule has 1 aromatic carbocycles. The number of aryl methyl sites for hydroxylation is 1. The number of aliphatic carboxylic acids is 2. The highest BCUT2D eigenvalue weighted by Crippen LogP contribution is 2.21. The summed E-state index contributed by atoms with van der Waals surface area (Å²) >= 11 is 0. The summed E-state index contributed by atoms with van der Waals surface area (Å²) in [5.74, 6) is -3.36. The van der Waals surface area contributed by atoms with Crippen LogP contribution in [0, 0.1) is 12.3 Å². The number of rotatable bonds is 10. The Bertz CT molecular complexity index is 1430. The van der Waals surface area contributed by atoms with Gasteiger partial charge in [-0.15, -0.1) is 0 Å². The minimum absolute atomic E-state index is 0.0464. The molecule has 0 unspecified atom stereocenters. The van der Waals surface area contributed by atoms with Gasteiger partial charge < -0.3 is 25.8 Å². The van der Waals surface area contributed by atoms with Gasteiger partial charge in [0.15, 0.2) is 0 Å². The minimum atomic E-state index is -1.32. The average molecular weight is 527 g/mol. The van der Waals surface area contributed by atoms with Gasteiger partial charge in [0.1, 0.15) is 11.7 Å². The molecule has 0 fully saturated rings. The Labute approximate surface area is 217 Å². The molecule has 2 heterocycles. The van der Waals surface area contributed by atoms with Crippen LogP contribution < -0.4 is 21.5 Å². The smallest absolute Gasteiger partial charge is 0.326 e. The molecule has 13 nitrogen and oxygen atoms in total. The number of benzene rings is 1. The van der Waals surface area contributed by atoms with Crippen LogP contribution in [0.5, 0.6) is 0 Å². The number of carboxylic acid groups (broad SMARTS) is 2. The average Bonchev–Trinajstić information content (AvgIpc) is 3.14. The van der Waals surface area contributed by atoms with E-state index in [-0.39, 0.29) is 30.4 Å². The molecule has 1 atom stereocenters. The summed E-state index contributed by atoms with van der Waals surface area (Å²) in [4.78, 5) is 69.5. The van der Waals surface area contributed by atoms with Crippen LogP contribution in [0.15, 0.2) is 29.1 Å². The number of aromatic nitrogens is 3. The van der Waals surface area contributed by atoms with Crippen LogP contribution in [0.25, 0.3) is 11.0 Å². The molecule has 0 saturated heterocycles. The molecule has 0 radical (unpaired) electrons. The summed E-state index contributed by atoms with van der Waals surface area (Å²) in [5.41, 5.74) is 1.47. The standard InChI is InChI=1S/C25H30N6O7/c1-12-15(18-19(27-12)29-24(30-21(18)35)31-23(38)25(2,3)4)11-26-14-7-5-13(6-8-14)20(34)28-16(22(36)37)9-10-17(32)33/h5-8,16,26H,9-11H2,1-4H3,(H,28,34)(H,32,33)(H,36,37)(H3,27,29,30,31,35,38)/t16-/m0/s1. The highest BCUT2D eigenvalue weighted by molar-refractivity contribution is 5.97. The lowest BCUT2D eigenvalue weighted by Gasteiger charge is -2.16. The molecule has 0 saturated carbocycles. The Morgan fingerprint density at radius 1 is 1.05 bits per heavy atom. The van der Waals surface area contributed by atoms with Crippen molar-refractivity contribution < 1.29 is 29.4 Å². The van der Waals surface area contributed by atoms with Crippen molar-refractivity contribution in [1.29, 1.82) is 0 Å². The number of hydrogen-bond donors (Lipinski definition) is 7. The Balaban J connectivity index is 1.70. The lowest BCUT2D eigenvalue weighted by molar-refractivity contribution is -0.140. The number of carbonyl (C=O) groups excluding carboxylic acids is 2. The second-order valence-corrected chi connectivity index (χ2v) is 9.80. The molecule has 2 aromatic heterocycles. The molecular weight excluding hydrogens is 496 g/mol. The quantitative estimate of drug-likeness (QED) is 0.206. The van der Waals surface area contributed by atoms with E-state index in [2.05, 4.69) is 30.9 Å². The van der Waals surface area contributed by atoms with Crippen LogP contribution in [-0.2, 0) is 20.9 Å². The SMILES string of the molecule is Cc1[nH]c2nc(NC(=O)C(C)(C)C)[nH]c(=O)c2c1CNc1ccc(C(=O)N[C@@H](CCC(=O)O)C(=O)O)cc1.